The maximum atomic E-state index is 13.2. The first kappa shape index (κ1) is 23.7. The lowest BCUT2D eigenvalue weighted by atomic mass is 10.1. The van der Waals surface area contributed by atoms with Gasteiger partial charge in [0.15, 0.2) is 17.3 Å². The Morgan fingerprint density at radius 1 is 0.750 bits per heavy atom. The topological polar surface area (TPSA) is 50.7 Å². The van der Waals surface area contributed by atoms with Crippen molar-refractivity contribution in [2.75, 3.05) is 50.2 Å². The number of nitrogens with zero attached hydrogens (tertiary/aromatic N) is 4. The van der Waals surface area contributed by atoms with Gasteiger partial charge in [-0.2, -0.15) is 13.2 Å². The van der Waals surface area contributed by atoms with Crippen LogP contribution in [0.5, 0.6) is 11.5 Å². The molecule has 1 fully saturated rings. The molecule has 1 aromatic heterocycles. The third-order valence-electron chi connectivity index (χ3n) is 6.33. The maximum absolute atomic E-state index is 13.2. The molecule has 0 unspecified atom stereocenters. The van der Waals surface area contributed by atoms with Crippen LogP contribution in [0.15, 0.2) is 66.7 Å². The van der Waals surface area contributed by atoms with E-state index in [-0.39, 0.29) is 0 Å². The Kier molecular flexibility index (Phi) is 6.30. The summed E-state index contributed by atoms with van der Waals surface area (Å²) in [5, 5.41) is 0.819. The first-order valence-corrected chi connectivity index (χ1v) is 11.5. The fraction of sp³-hybridized carbons (Fsp3) is 0.259. The molecule has 0 spiro atoms. The highest BCUT2D eigenvalue weighted by molar-refractivity contribution is 5.93. The van der Waals surface area contributed by atoms with Gasteiger partial charge in [0, 0.05) is 48.9 Å². The minimum Gasteiger partial charge on any atom is -0.493 e. The van der Waals surface area contributed by atoms with Gasteiger partial charge in [0.25, 0.3) is 0 Å². The Labute approximate surface area is 206 Å². The summed E-state index contributed by atoms with van der Waals surface area (Å²) in [7, 11) is 3.16. The largest absolute Gasteiger partial charge is 0.493 e. The van der Waals surface area contributed by atoms with Crippen molar-refractivity contribution in [3.05, 3.63) is 72.3 Å². The van der Waals surface area contributed by atoms with E-state index in [1.807, 2.05) is 47.4 Å². The van der Waals surface area contributed by atoms with Crippen LogP contribution >= 0.6 is 0 Å². The van der Waals surface area contributed by atoms with Gasteiger partial charge in [-0.1, -0.05) is 36.4 Å². The lowest BCUT2D eigenvalue weighted by Gasteiger charge is -2.37. The molecular weight excluding hydrogens is 469 g/mol. The quantitative estimate of drug-likeness (QED) is 0.357. The van der Waals surface area contributed by atoms with Gasteiger partial charge in [0.2, 0.25) is 0 Å². The highest BCUT2D eigenvalue weighted by atomic mass is 19.4. The monoisotopic (exact) mass is 494 g/mol. The molecule has 9 heteroatoms. The summed E-state index contributed by atoms with van der Waals surface area (Å²) >= 11 is 0. The normalized spacial score (nSPS) is 14.2. The number of ether oxygens (including phenoxy) is 2. The summed E-state index contributed by atoms with van der Waals surface area (Å²) in [5.41, 5.74) is 1.53. The molecule has 36 heavy (non-hydrogen) atoms. The van der Waals surface area contributed by atoms with Gasteiger partial charge in [-0.25, -0.2) is 9.97 Å². The van der Waals surface area contributed by atoms with E-state index in [0.717, 1.165) is 28.4 Å². The van der Waals surface area contributed by atoms with Crippen molar-refractivity contribution < 1.29 is 22.6 Å². The van der Waals surface area contributed by atoms with Crippen molar-refractivity contribution in [2.45, 2.75) is 6.18 Å². The smallest absolute Gasteiger partial charge is 0.416 e. The van der Waals surface area contributed by atoms with E-state index >= 15 is 0 Å². The van der Waals surface area contributed by atoms with Crippen LogP contribution in [-0.4, -0.2) is 50.4 Å². The van der Waals surface area contributed by atoms with Gasteiger partial charge in [-0.05, 0) is 24.3 Å². The van der Waals surface area contributed by atoms with Crippen LogP contribution < -0.4 is 19.3 Å². The first-order valence-electron chi connectivity index (χ1n) is 11.5. The number of aromatic nitrogens is 2. The molecule has 6 nitrogen and oxygen atoms in total. The summed E-state index contributed by atoms with van der Waals surface area (Å²) in [6.45, 7) is 2.29. The van der Waals surface area contributed by atoms with Gasteiger partial charge in [-0.3, -0.25) is 0 Å². The van der Waals surface area contributed by atoms with E-state index in [4.69, 9.17) is 19.4 Å². The van der Waals surface area contributed by atoms with Crippen molar-refractivity contribution >= 4 is 22.4 Å². The third kappa shape index (κ3) is 4.60. The standard InChI is InChI=1S/C27H25F3N4O2/c1-35-23-16-21-22(17-24(23)36-2)31-25(18-7-4-3-5-8-18)32-26(21)34-13-11-33(12-14-34)20-10-6-9-19(15-20)27(28,29)30/h3-10,15-17H,11-14H2,1-2H3. The summed E-state index contributed by atoms with van der Waals surface area (Å²) in [6, 6.07) is 18.9. The zero-order valence-corrected chi connectivity index (χ0v) is 19.9. The number of piperazine rings is 1. The average Bonchev–Trinajstić information content (AvgIpc) is 2.91. The van der Waals surface area contributed by atoms with Gasteiger partial charge >= 0.3 is 6.18 Å². The molecule has 0 saturated carbocycles. The first-order chi connectivity index (χ1) is 17.4. The zero-order chi connectivity index (χ0) is 25.3. The Hall–Kier alpha value is -4.01. The van der Waals surface area contributed by atoms with Gasteiger partial charge < -0.3 is 19.3 Å². The average molecular weight is 495 g/mol. The fourth-order valence-electron chi connectivity index (χ4n) is 4.45. The minimum absolute atomic E-state index is 0.556. The van der Waals surface area contributed by atoms with Crippen molar-refractivity contribution in [1.82, 2.24) is 9.97 Å². The molecule has 2 heterocycles. The molecule has 0 amide bonds. The highest BCUT2D eigenvalue weighted by Gasteiger charge is 2.31. The van der Waals surface area contributed by atoms with Crippen molar-refractivity contribution in [3.63, 3.8) is 0 Å². The van der Waals surface area contributed by atoms with Crippen molar-refractivity contribution in [2.24, 2.45) is 0 Å². The Bertz CT molecular complexity index is 1370. The molecule has 5 rings (SSSR count). The number of fused-ring (bicyclic) bond motifs is 1. The molecule has 3 aromatic carbocycles. The summed E-state index contributed by atoms with van der Waals surface area (Å²) in [5.74, 6) is 2.49. The maximum Gasteiger partial charge on any atom is 0.416 e. The molecule has 1 aliphatic heterocycles. The number of anilines is 2. The lowest BCUT2D eigenvalue weighted by Crippen LogP contribution is -2.47. The zero-order valence-electron chi connectivity index (χ0n) is 19.9. The number of rotatable bonds is 5. The van der Waals surface area contributed by atoms with Crippen molar-refractivity contribution in [3.8, 4) is 22.9 Å². The highest BCUT2D eigenvalue weighted by Crippen LogP contribution is 2.37. The predicted molar refractivity (Wildman–Crippen MR) is 134 cm³/mol. The third-order valence-corrected chi connectivity index (χ3v) is 6.33. The van der Waals surface area contributed by atoms with Gasteiger partial charge in [0.05, 0.1) is 25.3 Å². The van der Waals surface area contributed by atoms with Crippen LogP contribution in [0.2, 0.25) is 0 Å². The summed E-state index contributed by atoms with van der Waals surface area (Å²) in [4.78, 5) is 13.8. The van der Waals surface area contributed by atoms with E-state index in [9.17, 15) is 13.2 Å². The van der Waals surface area contributed by atoms with Crippen LogP contribution in [0.3, 0.4) is 0 Å². The van der Waals surface area contributed by atoms with Gasteiger partial charge in [-0.15, -0.1) is 0 Å². The molecule has 0 radical (unpaired) electrons. The molecule has 0 N–H and O–H groups in total. The van der Waals surface area contributed by atoms with Crippen LogP contribution in [0.4, 0.5) is 24.7 Å². The van der Waals surface area contributed by atoms with E-state index in [0.29, 0.717) is 49.2 Å². The Balaban J connectivity index is 1.50. The number of methoxy groups -OCH3 is 2. The lowest BCUT2D eigenvalue weighted by molar-refractivity contribution is -0.137. The number of alkyl halides is 3. The number of halogens is 3. The Morgan fingerprint density at radius 3 is 2.08 bits per heavy atom. The second-order valence-corrected chi connectivity index (χ2v) is 8.48. The van der Waals surface area contributed by atoms with E-state index in [1.165, 1.54) is 12.1 Å². The molecule has 1 aliphatic rings. The van der Waals surface area contributed by atoms with E-state index in [2.05, 4.69) is 4.90 Å². The van der Waals surface area contributed by atoms with Crippen LogP contribution in [0.25, 0.3) is 22.3 Å². The molecule has 0 aliphatic carbocycles. The molecule has 0 bridgehead atoms. The summed E-state index contributed by atoms with van der Waals surface area (Å²) in [6.07, 6.45) is -4.37. The second-order valence-electron chi connectivity index (χ2n) is 8.48. The summed E-state index contributed by atoms with van der Waals surface area (Å²) < 4.78 is 50.6. The Morgan fingerprint density at radius 2 is 1.42 bits per heavy atom. The van der Waals surface area contributed by atoms with E-state index in [1.54, 1.807) is 20.3 Å². The minimum atomic E-state index is -4.37. The second kappa shape index (κ2) is 9.56. The molecule has 1 saturated heterocycles. The SMILES string of the molecule is COc1cc2nc(-c3ccccc3)nc(N3CCN(c4cccc(C(F)(F)F)c4)CC3)c2cc1OC. The molecule has 186 valence electrons. The number of benzene rings is 3. The van der Waals surface area contributed by atoms with Gasteiger partial charge in [0.1, 0.15) is 5.82 Å². The predicted octanol–water partition coefficient (Wildman–Crippen LogP) is 5.66. The number of hydrogen-bond donors (Lipinski definition) is 0. The molecule has 0 atom stereocenters. The number of hydrogen-bond acceptors (Lipinski definition) is 6. The van der Waals surface area contributed by atoms with E-state index < -0.39 is 11.7 Å². The van der Waals surface area contributed by atoms with Crippen LogP contribution in [0.1, 0.15) is 5.56 Å². The van der Waals surface area contributed by atoms with Crippen LogP contribution in [0, 0.1) is 0 Å². The van der Waals surface area contributed by atoms with Crippen molar-refractivity contribution in [1.29, 1.82) is 0 Å². The fourth-order valence-corrected chi connectivity index (χ4v) is 4.45. The van der Waals surface area contributed by atoms with Crippen LogP contribution in [-0.2, 0) is 6.18 Å². The molecular formula is C27H25F3N4O2. The molecule has 4 aromatic rings.